The predicted octanol–water partition coefficient (Wildman–Crippen LogP) is 4.33. The van der Waals surface area contributed by atoms with Crippen molar-refractivity contribution in [2.75, 3.05) is 32.1 Å². The summed E-state index contributed by atoms with van der Waals surface area (Å²) in [4.78, 5) is 6.56. The van der Waals surface area contributed by atoms with Gasteiger partial charge in [0.2, 0.25) is 0 Å². The Hall–Kier alpha value is -3.42. The van der Waals surface area contributed by atoms with Crippen molar-refractivity contribution in [3.8, 4) is 17.0 Å². The minimum Gasteiger partial charge on any atom is -0.497 e. The molecule has 2 aromatic carbocycles. The molecule has 33 heavy (non-hydrogen) atoms. The van der Waals surface area contributed by atoms with Crippen LogP contribution < -0.4 is 10.1 Å². The van der Waals surface area contributed by atoms with Crippen molar-refractivity contribution in [3.63, 3.8) is 0 Å². The average molecular weight is 444 g/mol. The van der Waals surface area contributed by atoms with Gasteiger partial charge in [0.1, 0.15) is 11.4 Å². The molecule has 4 aromatic rings. The van der Waals surface area contributed by atoms with Gasteiger partial charge in [0.15, 0.2) is 0 Å². The summed E-state index contributed by atoms with van der Waals surface area (Å²) in [5, 5.41) is 12.4. The van der Waals surface area contributed by atoms with Crippen molar-refractivity contribution < 1.29 is 9.47 Å². The number of aromatic nitrogens is 3. The fraction of sp³-hybridized carbons (Fsp3) is 0.308. The summed E-state index contributed by atoms with van der Waals surface area (Å²) in [5.74, 6) is 0.896. The highest BCUT2D eigenvalue weighted by Crippen LogP contribution is 2.28. The van der Waals surface area contributed by atoms with Gasteiger partial charge in [-0.1, -0.05) is 12.1 Å². The number of morpholine rings is 1. The molecule has 0 aliphatic carbocycles. The molecular weight excluding hydrogens is 414 g/mol. The van der Waals surface area contributed by atoms with E-state index >= 15 is 0 Å². The third-order valence-corrected chi connectivity index (χ3v) is 6.19. The highest BCUT2D eigenvalue weighted by atomic mass is 16.5. The molecule has 3 heterocycles. The van der Waals surface area contributed by atoms with Crippen LogP contribution >= 0.6 is 0 Å². The first-order chi connectivity index (χ1) is 16.2. The molecule has 7 heteroatoms. The van der Waals surface area contributed by atoms with E-state index in [2.05, 4.69) is 62.7 Å². The van der Waals surface area contributed by atoms with Gasteiger partial charge >= 0.3 is 0 Å². The van der Waals surface area contributed by atoms with Gasteiger partial charge in [0.05, 0.1) is 31.4 Å². The van der Waals surface area contributed by atoms with E-state index in [-0.39, 0.29) is 12.1 Å². The molecule has 170 valence electrons. The van der Waals surface area contributed by atoms with Crippen molar-refractivity contribution in [1.29, 1.82) is 0 Å². The van der Waals surface area contributed by atoms with E-state index in [1.807, 2.05) is 24.3 Å². The van der Waals surface area contributed by atoms with Gasteiger partial charge in [0, 0.05) is 48.7 Å². The zero-order valence-electron chi connectivity index (χ0n) is 19.0. The maximum atomic E-state index is 6.14. The van der Waals surface area contributed by atoms with Crippen LogP contribution in [0.25, 0.3) is 22.2 Å². The molecule has 0 radical (unpaired) electrons. The van der Waals surface area contributed by atoms with Crippen molar-refractivity contribution in [2.45, 2.75) is 25.6 Å². The SMILES string of the molecule is COc1cccc(CN2CCOC(C(C)Nc3ccc4[nH]nc(-c5ccncc5)c4c3)C2)c1. The number of benzene rings is 2. The Labute approximate surface area is 193 Å². The lowest BCUT2D eigenvalue weighted by molar-refractivity contribution is -0.0373. The standard InChI is InChI=1S/C26H29N5O2/c1-18(25-17-31(12-13-33-25)16-19-4-3-5-22(14-19)32-2)28-21-6-7-24-23(15-21)26(30-29-24)20-8-10-27-11-9-20/h3-11,14-15,18,25,28H,12-13,16-17H2,1-2H3,(H,29,30). The minimum absolute atomic E-state index is 0.101. The monoisotopic (exact) mass is 443 g/mol. The maximum Gasteiger partial charge on any atom is 0.119 e. The number of pyridine rings is 1. The Kier molecular flexibility index (Phi) is 6.24. The van der Waals surface area contributed by atoms with E-state index in [4.69, 9.17) is 9.47 Å². The minimum atomic E-state index is 0.101. The predicted molar refractivity (Wildman–Crippen MR) is 130 cm³/mol. The average Bonchev–Trinajstić information content (AvgIpc) is 3.28. The first kappa shape index (κ1) is 21.4. The lowest BCUT2D eigenvalue weighted by Crippen LogP contribution is -2.48. The number of hydrogen-bond acceptors (Lipinski definition) is 6. The molecule has 1 aliphatic heterocycles. The summed E-state index contributed by atoms with van der Waals surface area (Å²) in [5.41, 5.74) is 5.30. The second-order valence-electron chi connectivity index (χ2n) is 8.50. The first-order valence-corrected chi connectivity index (χ1v) is 11.3. The Morgan fingerprint density at radius 3 is 2.91 bits per heavy atom. The number of nitrogens with zero attached hydrogens (tertiary/aromatic N) is 3. The molecule has 7 nitrogen and oxygen atoms in total. The summed E-state index contributed by atoms with van der Waals surface area (Å²) in [6.07, 6.45) is 3.68. The van der Waals surface area contributed by atoms with Crippen LogP contribution in [0, 0.1) is 0 Å². The number of hydrogen-bond donors (Lipinski definition) is 2. The number of fused-ring (bicyclic) bond motifs is 1. The molecule has 1 aliphatic rings. The van der Waals surface area contributed by atoms with Gasteiger partial charge in [-0.25, -0.2) is 0 Å². The maximum absolute atomic E-state index is 6.14. The third kappa shape index (κ3) is 4.84. The number of aromatic amines is 1. The normalized spacial score (nSPS) is 17.7. The second-order valence-corrected chi connectivity index (χ2v) is 8.50. The van der Waals surface area contributed by atoms with E-state index in [0.717, 1.165) is 59.8 Å². The molecule has 5 rings (SSSR count). The quantitative estimate of drug-likeness (QED) is 0.443. The fourth-order valence-corrected chi connectivity index (χ4v) is 4.40. The van der Waals surface area contributed by atoms with Gasteiger partial charge < -0.3 is 14.8 Å². The Balaban J connectivity index is 1.27. The number of ether oxygens (including phenoxy) is 2. The van der Waals surface area contributed by atoms with Crippen molar-refractivity contribution in [3.05, 3.63) is 72.6 Å². The van der Waals surface area contributed by atoms with Gasteiger partial charge in [-0.05, 0) is 55.0 Å². The van der Waals surface area contributed by atoms with E-state index in [0.29, 0.717) is 0 Å². The van der Waals surface area contributed by atoms with Crippen LogP contribution in [0.2, 0.25) is 0 Å². The Morgan fingerprint density at radius 1 is 1.18 bits per heavy atom. The van der Waals surface area contributed by atoms with Gasteiger partial charge in [-0.15, -0.1) is 0 Å². The lowest BCUT2D eigenvalue weighted by Gasteiger charge is -2.36. The Bertz CT molecular complexity index is 1210. The fourth-order valence-electron chi connectivity index (χ4n) is 4.40. The molecule has 1 saturated heterocycles. The smallest absolute Gasteiger partial charge is 0.119 e. The van der Waals surface area contributed by atoms with Gasteiger partial charge in [0.25, 0.3) is 0 Å². The van der Waals surface area contributed by atoms with E-state index in [1.54, 1.807) is 19.5 Å². The molecule has 0 spiro atoms. The zero-order chi connectivity index (χ0) is 22.6. The second kappa shape index (κ2) is 9.60. The summed E-state index contributed by atoms with van der Waals surface area (Å²) < 4.78 is 11.5. The largest absolute Gasteiger partial charge is 0.497 e. The number of methoxy groups -OCH3 is 1. The molecule has 2 aromatic heterocycles. The van der Waals surface area contributed by atoms with E-state index in [1.165, 1.54) is 5.56 Å². The van der Waals surface area contributed by atoms with Crippen LogP contribution in [0.4, 0.5) is 5.69 Å². The highest BCUT2D eigenvalue weighted by molar-refractivity contribution is 5.94. The molecule has 0 amide bonds. The lowest BCUT2D eigenvalue weighted by atomic mass is 10.1. The third-order valence-electron chi connectivity index (χ3n) is 6.19. The zero-order valence-corrected chi connectivity index (χ0v) is 19.0. The number of H-pyrrole nitrogens is 1. The number of anilines is 1. The van der Waals surface area contributed by atoms with Crippen LogP contribution in [0.5, 0.6) is 5.75 Å². The van der Waals surface area contributed by atoms with E-state index in [9.17, 15) is 0 Å². The summed E-state index contributed by atoms with van der Waals surface area (Å²) in [7, 11) is 1.71. The van der Waals surface area contributed by atoms with Crippen molar-refractivity contribution >= 4 is 16.6 Å². The summed E-state index contributed by atoms with van der Waals surface area (Å²) in [6.45, 7) is 5.61. The molecule has 1 fully saturated rings. The van der Waals surface area contributed by atoms with Crippen LogP contribution in [-0.2, 0) is 11.3 Å². The molecule has 0 saturated carbocycles. The number of nitrogens with one attached hydrogen (secondary N) is 2. The highest BCUT2D eigenvalue weighted by Gasteiger charge is 2.25. The van der Waals surface area contributed by atoms with Crippen LogP contribution in [-0.4, -0.2) is 59.0 Å². The Morgan fingerprint density at radius 2 is 2.06 bits per heavy atom. The summed E-state index contributed by atoms with van der Waals surface area (Å²) >= 11 is 0. The van der Waals surface area contributed by atoms with Gasteiger partial charge in [-0.3, -0.25) is 15.0 Å². The van der Waals surface area contributed by atoms with Crippen LogP contribution in [0.1, 0.15) is 12.5 Å². The molecule has 2 N–H and O–H groups in total. The molecular formula is C26H29N5O2. The number of rotatable bonds is 7. The van der Waals surface area contributed by atoms with Crippen molar-refractivity contribution in [2.24, 2.45) is 0 Å². The summed E-state index contributed by atoms with van der Waals surface area (Å²) in [6, 6.07) is 18.7. The molecule has 2 unspecified atom stereocenters. The van der Waals surface area contributed by atoms with Gasteiger partial charge in [-0.2, -0.15) is 5.10 Å². The molecule has 2 atom stereocenters. The topological polar surface area (TPSA) is 75.3 Å². The first-order valence-electron chi connectivity index (χ1n) is 11.3. The molecule has 0 bridgehead atoms. The van der Waals surface area contributed by atoms with E-state index < -0.39 is 0 Å². The van der Waals surface area contributed by atoms with Crippen molar-refractivity contribution in [1.82, 2.24) is 20.1 Å². The van der Waals surface area contributed by atoms with Crippen LogP contribution in [0.3, 0.4) is 0 Å². The van der Waals surface area contributed by atoms with Crippen LogP contribution in [0.15, 0.2) is 67.0 Å².